The molecule has 0 spiro atoms. The van der Waals surface area contributed by atoms with Crippen molar-refractivity contribution >= 4 is 40.9 Å². The van der Waals surface area contributed by atoms with Gasteiger partial charge in [-0.3, -0.25) is 14.5 Å². The quantitative estimate of drug-likeness (QED) is 0.610. The summed E-state index contributed by atoms with van der Waals surface area (Å²) in [5, 5.41) is 0. The van der Waals surface area contributed by atoms with Crippen molar-refractivity contribution in [3.8, 4) is 0 Å². The highest BCUT2D eigenvalue weighted by Crippen LogP contribution is 2.34. The van der Waals surface area contributed by atoms with Crippen LogP contribution < -0.4 is 4.90 Å². The minimum Gasteiger partial charge on any atom is -0.289 e. The van der Waals surface area contributed by atoms with E-state index in [0.717, 1.165) is 21.4 Å². The molecule has 1 aliphatic heterocycles. The molecule has 1 heterocycles. The van der Waals surface area contributed by atoms with Crippen LogP contribution >= 0.6 is 23.5 Å². The summed E-state index contributed by atoms with van der Waals surface area (Å²) in [5.41, 5.74) is 1.06. The Bertz CT molecular complexity index is 586. The lowest BCUT2D eigenvalue weighted by Gasteiger charge is -2.24. The molecule has 0 bridgehead atoms. The van der Waals surface area contributed by atoms with Crippen LogP contribution in [0.5, 0.6) is 0 Å². The molecule has 110 valence electrons. The highest BCUT2D eigenvalue weighted by Gasteiger charge is 2.30. The topological polar surface area (TPSA) is 37.4 Å². The predicted octanol–water partition coefficient (Wildman–Crippen LogP) is 3.83. The molecule has 3 nitrogen and oxygen atoms in total. The Balaban J connectivity index is 2.43. The van der Waals surface area contributed by atoms with Gasteiger partial charge in [-0.2, -0.15) is 0 Å². The summed E-state index contributed by atoms with van der Waals surface area (Å²) < 4.78 is 0.820. The molecule has 0 aromatic heterocycles. The first-order valence-corrected chi connectivity index (χ1v) is 8.77. The minimum absolute atomic E-state index is 0.205. The van der Waals surface area contributed by atoms with Crippen LogP contribution in [0.3, 0.4) is 0 Å². The van der Waals surface area contributed by atoms with Gasteiger partial charge in [0.1, 0.15) is 5.57 Å². The Morgan fingerprint density at radius 3 is 2.24 bits per heavy atom. The summed E-state index contributed by atoms with van der Waals surface area (Å²) in [4.78, 5) is 26.4. The molecule has 5 heteroatoms. The molecule has 0 aliphatic carbocycles. The molecular formula is C16H17NO2S2. The Labute approximate surface area is 133 Å². The number of allylic oxidation sites excluding steroid dienone is 1. The summed E-state index contributed by atoms with van der Waals surface area (Å²) in [6, 6.07) is 9.36. The van der Waals surface area contributed by atoms with Gasteiger partial charge in [0.05, 0.1) is 4.24 Å². The van der Waals surface area contributed by atoms with Gasteiger partial charge in [0.2, 0.25) is 0 Å². The average Bonchev–Trinajstić information content (AvgIpc) is 2.49. The van der Waals surface area contributed by atoms with E-state index in [1.807, 2.05) is 44.2 Å². The molecule has 21 heavy (non-hydrogen) atoms. The maximum atomic E-state index is 12.7. The summed E-state index contributed by atoms with van der Waals surface area (Å²) in [6.07, 6.45) is 3.02. The van der Waals surface area contributed by atoms with Gasteiger partial charge >= 0.3 is 0 Å². The van der Waals surface area contributed by atoms with Crippen LogP contribution in [0.4, 0.5) is 5.69 Å². The molecule has 0 saturated carbocycles. The van der Waals surface area contributed by atoms with Crippen LogP contribution in [0.15, 0.2) is 52.4 Å². The second-order valence-corrected chi connectivity index (χ2v) is 7.03. The van der Waals surface area contributed by atoms with E-state index in [1.54, 1.807) is 29.7 Å². The van der Waals surface area contributed by atoms with E-state index >= 15 is 0 Å². The third-order valence-corrected chi connectivity index (χ3v) is 5.06. The third kappa shape index (κ3) is 3.60. The lowest BCUT2D eigenvalue weighted by molar-refractivity contribution is -0.119. The maximum absolute atomic E-state index is 12.7. The van der Waals surface area contributed by atoms with Gasteiger partial charge < -0.3 is 0 Å². The molecule has 2 rings (SSSR count). The van der Waals surface area contributed by atoms with Crippen molar-refractivity contribution in [1.29, 1.82) is 0 Å². The highest BCUT2D eigenvalue weighted by atomic mass is 32.2. The number of amides is 1. The van der Waals surface area contributed by atoms with Crippen molar-refractivity contribution in [2.45, 2.75) is 13.8 Å². The minimum atomic E-state index is -0.245. The molecule has 0 radical (unpaired) electrons. The number of benzene rings is 1. The second kappa shape index (κ2) is 7.52. The van der Waals surface area contributed by atoms with E-state index in [9.17, 15) is 9.59 Å². The van der Waals surface area contributed by atoms with Crippen LogP contribution in [-0.4, -0.2) is 23.2 Å². The number of hydrogen-bond donors (Lipinski definition) is 0. The summed E-state index contributed by atoms with van der Waals surface area (Å²) in [7, 11) is 0. The monoisotopic (exact) mass is 319 g/mol. The van der Waals surface area contributed by atoms with Crippen LogP contribution in [0.2, 0.25) is 0 Å². The zero-order valence-electron chi connectivity index (χ0n) is 12.0. The van der Waals surface area contributed by atoms with Crippen molar-refractivity contribution in [2.75, 3.05) is 16.4 Å². The van der Waals surface area contributed by atoms with Crippen molar-refractivity contribution in [3.05, 3.63) is 52.4 Å². The first-order chi connectivity index (χ1) is 10.2. The zero-order chi connectivity index (χ0) is 15.2. The fraction of sp³-hybridized carbons (Fsp3) is 0.250. The predicted molar refractivity (Wildman–Crippen MR) is 91.4 cm³/mol. The molecule has 1 aromatic rings. The van der Waals surface area contributed by atoms with Crippen molar-refractivity contribution in [2.24, 2.45) is 0 Å². The first kappa shape index (κ1) is 15.9. The van der Waals surface area contributed by atoms with Gasteiger partial charge in [0, 0.05) is 18.0 Å². The molecule has 1 amide bonds. The molecule has 1 aromatic carbocycles. The lowest BCUT2D eigenvalue weighted by atomic mass is 10.1. The fourth-order valence-corrected chi connectivity index (χ4v) is 4.18. The number of nitrogens with zero attached hydrogens (tertiary/aromatic N) is 1. The number of para-hydroxylation sites is 1. The van der Waals surface area contributed by atoms with Crippen LogP contribution in [0, 0.1) is 0 Å². The van der Waals surface area contributed by atoms with Gasteiger partial charge in [-0.05, 0) is 23.6 Å². The van der Waals surface area contributed by atoms with Crippen LogP contribution in [0.1, 0.15) is 13.8 Å². The average molecular weight is 319 g/mol. The van der Waals surface area contributed by atoms with Crippen molar-refractivity contribution < 1.29 is 9.59 Å². The summed E-state index contributed by atoms with van der Waals surface area (Å²) in [5.74, 6) is 1.22. The van der Waals surface area contributed by atoms with Gasteiger partial charge in [0.15, 0.2) is 5.78 Å². The molecule has 0 saturated heterocycles. The second-order valence-electron chi connectivity index (χ2n) is 4.22. The number of carbonyl (C=O) groups excluding carboxylic acids is 2. The van der Waals surface area contributed by atoms with Gasteiger partial charge in [0.25, 0.3) is 5.91 Å². The van der Waals surface area contributed by atoms with E-state index in [2.05, 4.69) is 0 Å². The standard InChI is InChI=1S/C16H17NO2S2/c1-3-20-16(21-4-2)14-13(18)10-11-17(15(14)19)12-8-6-5-7-9-12/h5-11H,3-4H2,1-2H3. The van der Waals surface area contributed by atoms with Crippen molar-refractivity contribution in [3.63, 3.8) is 0 Å². The van der Waals surface area contributed by atoms with E-state index in [1.165, 1.54) is 11.0 Å². The Kier molecular flexibility index (Phi) is 5.70. The van der Waals surface area contributed by atoms with Gasteiger partial charge in [-0.1, -0.05) is 32.0 Å². The summed E-state index contributed by atoms with van der Waals surface area (Å²) >= 11 is 3.11. The fourth-order valence-electron chi connectivity index (χ4n) is 1.95. The van der Waals surface area contributed by atoms with Crippen molar-refractivity contribution in [1.82, 2.24) is 0 Å². The smallest absolute Gasteiger partial charge is 0.268 e. The normalized spacial score (nSPS) is 14.8. The maximum Gasteiger partial charge on any atom is 0.268 e. The van der Waals surface area contributed by atoms with E-state index in [4.69, 9.17) is 0 Å². The number of anilines is 1. The number of rotatable bonds is 5. The first-order valence-electron chi connectivity index (χ1n) is 6.80. The molecule has 1 aliphatic rings. The number of thioether (sulfide) groups is 2. The number of carbonyl (C=O) groups is 2. The van der Waals surface area contributed by atoms with Crippen LogP contribution in [-0.2, 0) is 9.59 Å². The SMILES string of the molecule is CCSC(SCC)=C1C(=O)C=CN(c2ccccc2)C1=O. The molecule has 0 atom stereocenters. The Hall–Kier alpha value is -1.46. The molecule has 0 N–H and O–H groups in total. The zero-order valence-corrected chi connectivity index (χ0v) is 13.7. The lowest BCUT2D eigenvalue weighted by Crippen LogP contribution is -2.33. The Morgan fingerprint density at radius 2 is 1.67 bits per heavy atom. The van der Waals surface area contributed by atoms with E-state index < -0.39 is 0 Å². The molecule has 0 unspecified atom stereocenters. The largest absolute Gasteiger partial charge is 0.289 e. The molecule has 0 fully saturated rings. The highest BCUT2D eigenvalue weighted by molar-refractivity contribution is 8.22. The Morgan fingerprint density at radius 1 is 1.05 bits per heavy atom. The van der Waals surface area contributed by atoms with Gasteiger partial charge in [-0.15, -0.1) is 23.5 Å². The van der Waals surface area contributed by atoms with E-state index in [0.29, 0.717) is 5.57 Å². The van der Waals surface area contributed by atoms with Crippen LogP contribution in [0.25, 0.3) is 0 Å². The van der Waals surface area contributed by atoms with Gasteiger partial charge in [-0.25, -0.2) is 0 Å². The number of ketones is 1. The number of hydrogen-bond acceptors (Lipinski definition) is 4. The molecular weight excluding hydrogens is 302 g/mol. The third-order valence-electron chi connectivity index (χ3n) is 2.84. The summed E-state index contributed by atoms with van der Waals surface area (Å²) in [6.45, 7) is 4.04. The van der Waals surface area contributed by atoms with E-state index in [-0.39, 0.29) is 11.7 Å².